The van der Waals surface area contributed by atoms with Crippen LogP contribution in [0, 0.1) is 6.92 Å². The third-order valence-corrected chi connectivity index (χ3v) is 4.63. The monoisotopic (exact) mass is 310 g/mol. The molecule has 0 aliphatic carbocycles. The number of hydrogen-bond acceptors (Lipinski definition) is 6. The zero-order chi connectivity index (χ0) is 15.5. The molecule has 0 amide bonds. The minimum atomic E-state index is -3.53. The number of carboxylic acid groups (broad SMARTS) is 1. The molecule has 2 aromatic rings. The summed E-state index contributed by atoms with van der Waals surface area (Å²) in [7, 11) is -3.53. The van der Waals surface area contributed by atoms with Crippen molar-refractivity contribution in [2.45, 2.75) is 30.4 Å². The number of hydrogen-bond donors (Lipinski definition) is 1. The van der Waals surface area contributed by atoms with E-state index in [1.54, 1.807) is 19.1 Å². The standard InChI is InChI=1S/C13H14N2O5S/c1-9-12(15-20-14-9)8-21(18,19)11-5-2-10(3-6-11)4-7-13(16)17/h2-3,5-6H,4,7-8H2,1H3,(H,16,17). The Labute approximate surface area is 121 Å². The molecule has 0 radical (unpaired) electrons. The van der Waals surface area contributed by atoms with Crippen LogP contribution >= 0.6 is 0 Å². The zero-order valence-electron chi connectivity index (χ0n) is 11.3. The van der Waals surface area contributed by atoms with Crippen LogP contribution in [-0.2, 0) is 26.8 Å². The summed E-state index contributed by atoms with van der Waals surface area (Å²) in [5.74, 6) is -1.17. The molecule has 0 aliphatic rings. The molecule has 2 rings (SSSR count). The van der Waals surface area contributed by atoms with Crippen molar-refractivity contribution >= 4 is 15.8 Å². The Morgan fingerprint density at radius 1 is 1.24 bits per heavy atom. The summed E-state index contributed by atoms with van der Waals surface area (Å²) in [4.78, 5) is 10.6. The van der Waals surface area contributed by atoms with Crippen molar-refractivity contribution in [1.82, 2.24) is 10.3 Å². The molecule has 0 aliphatic heterocycles. The number of benzene rings is 1. The van der Waals surface area contributed by atoms with E-state index in [2.05, 4.69) is 14.9 Å². The van der Waals surface area contributed by atoms with Gasteiger partial charge in [0.05, 0.1) is 4.90 Å². The zero-order valence-corrected chi connectivity index (χ0v) is 12.1. The minimum absolute atomic E-state index is 0.00982. The van der Waals surface area contributed by atoms with Crippen molar-refractivity contribution in [2.24, 2.45) is 0 Å². The summed E-state index contributed by atoms with van der Waals surface area (Å²) in [6.45, 7) is 1.62. The van der Waals surface area contributed by atoms with Gasteiger partial charge in [0.15, 0.2) is 9.84 Å². The summed E-state index contributed by atoms with van der Waals surface area (Å²) < 4.78 is 28.9. The van der Waals surface area contributed by atoms with Gasteiger partial charge in [-0.25, -0.2) is 13.0 Å². The van der Waals surface area contributed by atoms with Crippen molar-refractivity contribution in [3.63, 3.8) is 0 Å². The minimum Gasteiger partial charge on any atom is -0.481 e. The molecule has 1 aromatic carbocycles. The third-order valence-electron chi connectivity index (χ3n) is 2.98. The van der Waals surface area contributed by atoms with Gasteiger partial charge in [-0.2, -0.15) is 0 Å². The van der Waals surface area contributed by atoms with Crippen LogP contribution in [-0.4, -0.2) is 29.8 Å². The van der Waals surface area contributed by atoms with Gasteiger partial charge in [-0.05, 0) is 31.0 Å². The van der Waals surface area contributed by atoms with Gasteiger partial charge in [0.25, 0.3) is 0 Å². The second-order valence-corrected chi connectivity index (χ2v) is 6.58. The second kappa shape index (κ2) is 6.04. The summed E-state index contributed by atoms with van der Waals surface area (Å²) >= 11 is 0. The average Bonchev–Trinajstić information content (AvgIpc) is 2.82. The normalized spacial score (nSPS) is 11.5. The van der Waals surface area contributed by atoms with E-state index in [9.17, 15) is 13.2 Å². The highest BCUT2D eigenvalue weighted by molar-refractivity contribution is 7.90. The van der Waals surface area contributed by atoms with Crippen molar-refractivity contribution < 1.29 is 22.9 Å². The number of carbonyl (C=O) groups is 1. The Bertz CT molecular complexity index is 734. The lowest BCUT2D eigenvalue weighted by Gasteiger charge is -2.04. The third kappa shape index (κ3) is 3.88. The maximum atomic E-state index is 12.2. The molecule has 0 bridgehead atoms. The van der Waals surface area contributed by atoms with Crippen molar-refractivity contribution in [3.8, 4) is 0 Å². The van der Waals surface area contributed by atoms with E-state index in [-0.39, 0.29) is 22.8 Å². The maximum absolute atomic E-state index is 12.2. The van der Waals surface area contributed by atoms with Gasteiger partial charge in [-0.3, -0.25) is 4.79 Å². The first-order valence-electron chi connectivity index (χ1n) is 6.20. The smallest absolute Gasteiger partial charge is 0.303 e. The first kappa shape index (κ1) is 15.2. The molecule has 0 saturated heterocycles. The van der Waals surface area contributed by atoms with Crippen LogP contribution < -0.4 is 0 Å². The highest BCUT2D eigenvalue weighted by Gasteiger charge is 2.19. The fraction of sp³-hybridized carbons (Fsp3) is 0.308. The van der Waals surface area contributed by atoms with E-state index < -0.39 is 15.8 Å². The highest BCUT2D eigenvalue weighted by Crippen LogP contribution is 2.18. The Kier molecular flexibility index (Phi) is 4.37. The van der Waals surface area contributed by atoms with Gasteiger partial charge in [0, 0.05) is 6.42 Å². The molecule has 1 N–H and O–H groups in total. The lowest BCUT2D eigenvalue weighted by Crippen LogP contribution is -2.06. The topological polar surface area (TPSA) is 110 Å². The summed E-state index contributed by atoms with van der Waals surface area (Å²) in [5, 5.41) is 15.7. The predicted molar refractivity (Wildman–Crippen MR) is 72.3 cm³/mol. The van der Waals surface area contributed by atoms with Gasteiger partial charge in [0.1, 0.15) is 17.1 Å². The number of aryl methyl sites for hydroxylation is 2. The molecular formula is C13H14N2O5S. The van der Waals surface area contributed by atoms with E-state index in [1.807, 2.05) is 0 Å². The van der Waals surface area contributed by atoms with Crippen LogP contribution in [0.5, 0.6) is 0 Å². The van der Waals surface area contributed by atoms with Gasteiger partial charge in [0.2, 0.25) is 0 Å². The number of rotatable bonds is 6. The molecule has 21 heavy (non-hydrogen) atoms. The van der Waals surface area contributed by atoms with Crippen LogP contribution in [0.4, 0.5) is 0 Å². The molecule has 0 unspecified atom stereocenters. The number of aromatic nitrogens is 2. The van der Waals surface area contributed by atoms with Crippen LogP contribution in [0.2, 0.25) is 0 Å². The molecule has 1 heterocycles. The Balaban J connectivity index is 2.13. The van der Waals surface area contributed by atoms with Gasteiger partial charge in [-0.1, -0.05) is 22.4 Å². The first-order valence-corrected chi connectivity index (χ1v) is 7.85. The van der Waals surface area contributed by atoms with E-state index in [0.29, 0.717) is 12.1 Å². The van der Waals surface area contributed by atoms with Gasteiger partial charge < -0.3 is 5.11 Å². The van der Waals surface area contributed by atoms with E-state index in [1.165, 1.54) is 12.1 Å². The highest BCUT2D eigenvalue weighted by atomic mass is 32.2. The Morgan fingerprint density at radius 2 is 1.90 bits per heavy atom. The summed E-state index contributed by atoms with van der Waals surface area (Å²) in [6.07, 6.45) is 0.373. The summed E-state index contributed by atoms with van der Waals surface area (Å²) in [5.41, 5.74) is 1.50. The molecule has 0 fully saturated rings. The quantitative estimate of drug-likeness (QED) is 0.857. The predicted octanol–water partition coefficient (Wildman–Crippen LogP) is 1.37. The van der Waals surface area contributed by atoms with Crippen LogP contribution in [0.25, 0.3) is 0 Å². The maximum Gasteiger partial charge on any atom is 0.303 e. The number of aliphatic carboxylic acids is 1. The number of sulfone groups is 1. The summed E-state index contributed by atoms with van der Waals surface area (Å²) in [6, 6.07) is 6.16. The molecule has 0 spiro atoms. The van der Waals surface area contributed by atoms with Crippen molar-refractivity contribution in [3.05, 3.63) is 41.2 Å². The molecule has 0 saturated carbocycles. The van der Waals surface area contributed by atoms with Gasteiger partial charge in [-0.15, -0.1) is 0 Å². The molecule has 1 aromatic heterocycles. The van der Waals surface area contributed by atoms with Crippen LogP contribution in [0.3, 0.4) is 0 Å². The van der Waals surface area contributed by atoms with Crippen LogP contribution in [0.15, 0.2) is 33.8 Å². The number of nitrogens with zero attached hydrogens (tertiary/aromatic N) is 2. The van der Waals surface area contributed by atoms with E-state index >= 15 is 0 Å². The van der Waals surface area contributed by atoms with E-state index in [0.717, 1.165) is 5.56 Å². The lowest BCUT2D eigenvalue weighted by molar-refractivity contribution is -0.136. The Hall–Kier alpha value is -2.22. The molecule has 112 valence electrons. The molecular weight excluding hydrogens is 296 g/mol. The first-order chi connectivity index (χ1) is 9.88. The molecule has 7 nitrogen and oxygen atoms in total. The molecule has 0 atom stereocenters. The lowest BCUT2D eigenvalue weighted by atomic mass is 10.1. The van der Waals surface area contributed by atoms with Crippen LogP contribution in [0.1, 0.15) is 23.4 Å². The molecule has 8 heteroatoms. The van der Waals surface area contributed by atoms with Crippen molar-refractivity contribution in [1.29, 1.82) is 0 Å². The average molecular weight is 310 g/mol. The van der Waals surface area contributed by atoms with Gasteiger partial charge >= 0.3 is 5.97 Å². The second-order valence-electron chi connectivity index (χ2n) is 4.59. The number of carboxylic acids is 1. The van der Waals surface area contributed by atoms with E-state index in [4.69, 9.17) is 5.11 Å². The van der Waals surface area contributed by atoms with Crippen molar-refractivity contribution in [2.75, 3.05) is 0 Å². The fourth-order valence-electron chi connectivity index (χ4n) is 1.76. The largest absolute Gasteiger partial charge is 0.481 e. The SMILES string of the molecule is Cc1nonc1CS(=O)(=O)c1ccc(CCC(=O)O)cc1. The Morgan fingerprint density at radius 3 is 2.43 bits per heavy atom. The fourth-order valence-corrected chi connectivity index (χ4v) is 3.10.